The summed E-state index contributed by atoms with van der Waals surface area (Å²) in [6, 6.07) is 15.0. The Labute approximate surface area is 161 Å². The van der Waals surface area contributed by atoms with Crippen LogP contribution >= 0.6 is 11.6 Å². The highest BCUT2D eigenvalue weighted by molar-refractivity contribution is 6.30. The smallest absolute Gasteiger partial charge is 0.235 e. The Balaban J connectivity index is 2.44. The summed E-state index contributed by atoms with van der Waals surface area (Å²) in [5.74, 6) is -5.12. The molecule has 0 saturated heterocycles. The van der Waals surface area contributed by atoms with E-state index in [4.69, 9.17) is 11.6 Å². The number of benzene rings is 2. The van der Waals surface area contributed by atoms with Crippen LogP contribution in [-0.4, -0.2) is 11.7 Å². The fourth-order valence-corrected chi connectivity index (χ4v) is 2.93. The topological polar surface area (TPSA) is 93.8 Å². The molecule has 0 heterocycles. The third-order valence-corrected chi connectivity index (χ3v) is 4.34. The van der Waals surface area contributed by atoms with E-state index in [2.05, 4.69) is 5.32 Å². The zero-order chi connectivity index (χ0) is 20.0. The lowest BCUT2D eigenvalue weighted by Gasteiger charge is -2.25. The van der Waals surface area contributed by atoms with Crippen LogP contribution in [0.2, 0.25) is 5.02 Å². The molecule has 0 bridgehead atoms. The summed E-state index contributed by atoms with van der Waals surface area (Å²) in [5, 5.41) is 21.7. The van der Waals surface area contributed by atoms with Crippen molar-refractivity contribution in [3.8, 4) is 12.1 Å². The highest BCUT2D eigenvalue weighted by atomic mass is 35.5. The van der Waals surface area contributed by atoms with Crippen LogP contribution in [0.4, 0.5) is 10.1 Å². The van der Waals surface area contributed by atoms with E-state index in [0.717, 1.165) is 0 Å². The first-order chi connectivity index (χ1) is 12.9. The van der Waals surface area contributed by atoms with Gasteiger partial charge in [0.2, 0.25) is 5.91 Å². The lowest BCUT2D eigenvalue weighted by Crippen LogP contribution is -2.36. The molecule has 27 heavy (non-hydrogen) atoms. The maximum Gasteiger partial charge on any atom is 0.235 e. The van der Waals surface area contributed by atoms with Crippen molar-refractivity contribution in [2.24, 2.45) is 11.8 Å². The molecule has 0 spiro atoms. The number of hydrogen-bond donors (Lipinski definition) is 1. The number of nitriles is 2. The number of ketones is 1. The lowest BCUT2D eigenvalue weighted by molar-refractivity contribution is -0.131. The Morgan fingerprint density at radius 1 is 1.04 bits per heavy atom. The SMILES string of the molecule is CC(=O)[C@@H](C(=O)Nc1ccc(F)cc1)[C@H](c1ccc(Cl)cc1)C(C#N)C#N. The van der Waals surface area contributed by atoms with Crippen molar-refractivity contribution >= 4 is 29.0 Å². The van der Waals surface area contributed by atoms with Gasteiger partial charge in [-0.3, -0.25) is 9.59 Å². The molecule has 136 valence electrons. The van der Waals surface area contributed by atoms with Crippen LogP contribution in [0.5, 0.6) is 0 Å². The van der Waals surface area contributed by atoms with Gasteiger partial charge in [0, 0.05) is 16.6 Å². The summed E-state index contributed by atoms with van der Waals surface area (Å²) in [4.78, 5) is 25.1. The van der Waals surface area contributed by atoms with Gasteiger partial charge >= 0.3 is 0 Å². The van der Waals surface area contributed by atoms with Crippen LogP contribution in [0.1, 0.15) is 18.4 Å². The second-order valence-corrected chi connectivity index (χ2v) is 6.33. The van der Waals surface area contributed by atoms with Crippen molar-refractivity contribution in [1.29, 1.82) is 10.5 Å². The number of carbonyl (C=O) groups excluding carboxylic acids is 2. The monoisotopic (exact) mass is 383 g/mol. The molecule has 0 aliphatic rings. The van der Waals surface area contributed by atoms with Gasteiger partial charge in [0.15, 0.2) is 0 Å². The Hall–Kier alpha value is -3.22. The van der Waals surface area contributed by atoms with E-state index >= 15 is 0 Å². The van der Waals surface area contributed by atoms with Crippen molar-refractivity contribution in [3.63, 3.8) is 0 Å². The normalized spacial score (nSPS) is 12.5. The quantitative estimate of drug-likeness (QED) is 0.761. The minimum atomic E-state index is -1.28. The molecule has 7 heteroatoms. The summed E-state index contributed by atoms with van der Waals surface area (Å²) >= 11 is 5.88. The number of hydrogen-bond acceptors (Lipinski definition) is 4. The third kappa shape index (κ3) is 4.91. The predicted octanol–water partition coefficient (Wildman–Crippen LogP) is 4.07. The molecule has 5 nitrogen and oxygen atoms in total. The molecule has 2 aromatic rings. The Morgan fingerprint density at radius 3 is 2.07 bits per heavy atom. The predicted molar refractivity (Wildman–Crippen MR) is 98.1 cm³/mol. The summed E-state index contributed by atoms with van der Waals surface area (Å²) in [6.07, 6.45) is 0. The van der Waals surface area contributed by atoms with E-state index in [0.29, 0.717) is 16.3 Å². The van der Waals surface area contributed by atoms with Crippen molar-refractivity contribution in [1.82, 2.24) is 0 Å². The second-order valence-electron chi connectivity index (χ2n) is 5.90. The Morgan fingerprint density at radius 2 is 1.59 bits per heavy atom. The van der Waals surface area contributed by atoms with Gasteiger partial charge in [-0.2, -0.15) is 10.5 Å². The molecule has 0 aromatic heterocycles. The number of halogens is 2. The van der Waals surface area contributed by atoms with E-state index in [1.165, 1.54) is 31.2 Å². The van der Waals surface area contributed by atoms with Crippen molar-refractivity contribution < 1.29 is 14.0 Å². The van der Waals surface area contributed by atoms with Gasteiger partial charge in [-0.25, -0.2) is 4.39 Å². The van der Waals surface area contributed by atoms with Crippen LogP contribution in [-0.2, 0) is 9.59 Å². The van der Waals surface area contributed by atoms with Crippen LogP contribution in [0.15, 0.2) is 48.5 Å². The number of anilines is 1. The molecule has 2 aromatic carbocycles. The number of nitrogens with one attached hydrogen (secondary N) is 1. The molecule has 1 amide bonds. The van der Waals surface area contributed by atoms with Crippen molar-refractivity contribution in [3.05, 3.63) is 64.9 Å². The Kier molecular flexibility index (Phi) is 6.65. The molecule has 2 rings (SSSR count). The third-order valence-electron chi connectivity index (χ3n) is 4.08. The van der Waals surface area contributed by atoms with Gasteiger partial charge in [-0.05, 0) is 48.9 Å². The van der Waals surface area contributed by atoms with Crippen molar-refractivity contribution in [2.75, 3.05) is 5.32 Å². The molecule has 0 fully saturated rings. The van der Waals surface area contributed by atoms with Gasteiger partial charge < -0.3 is 5.32 Å². The highest BCUT2D eigenvalue weighted by Crippen LogP contribution is 2.34. The zero-order valence-electron chi connectivity index (χ0n) is 14.3. The summed E-state index contributed by atoms with van der Waals surface area (Å²) in [5.41, 5.74) is 0.773. The average molecular weight is 384 g/mol. The number of carbonyl (C=O) groups is 2. The molecule has 0 aliphatic heterocycles. The zero-order valence-corrected chi connectivity index (χ0v) is 15.1. The fourth-order valence-electron chi connectivity index (χ4n) is 2.81. The van der Waals surface area contributed by atoms with Gasteiger partial charge in [-0.15, -0.1) is 0 Å². The first kappa shape index (κ1) is 20.1. The molecule has 0 radical (unpaired) electrons. The fraction of sp³-hybridized carbons (Fsp3) is 0.200. The van der Waals surface area contributed by atoms with Crippen LogP contribution < -0.4 is 5.32 Å². The summed E-state index contributed by atoms with van der Waals surface area (Å²) in [6.45, 7) is 1.23. The average Bonchev–Trinajstić information content (AvgIpc) is 2.64. The molecule has 0 saturated carbocycles. The molecule has 0 aliphatic carbocycles. The number of Topliss-reactive ketones (excluding diaryl/α,β-unsaturated/α-hetero) is 1. The van der Waals surface area contributed by atoms with Crippen LogP contribution in [0, 0.1) is 40.3 Å². The van der Waals surface area contributed by atoms with Gasteiger partial charge in [0.1, 0.15) is 23.4 Å². The first-order valence-corrected chi connectivity index (χ1v) is 8.36. The highest BCUT2D eigenvalue weighted by Gasteiger charge is 2.39. The second kappa shape index (κ2) is 8.93. The van der Waals surface area contributed by atoms with E-state index in [-0.39, 0.29) is 0 Å². The molecule has 2 atom stereocenters. The van der Waals surface area contributed by atoms with Crippen LogP contribution in [0.25, 0.3) is 0 Å². The van der Waals surface area contributed by atoms with Crippen molar-refractivity contribution in [2.45, 2.75) is 12.8 Å². The van der Waals surface area contributed by atoms with E-state index in [1.54, 1.807) is 24.3 Å². The summed E-state index contributed by atoms with van der Waals surface area (Å²) in [7, 11) is 0. The van der Waals surface area contributed by atoms with Crippen LogP contribution in [0.3, 0.4) is 0 Å². The number of amides is 1. The number of rotatable bonds is 6. The maximum atomic E-state index is 13.0. The van der Waals surface area contributed by atoms with E-state index < -0.39 is 35.3 Å². The summed E-state index contributed by atoms with van der Waals surface area (Å²) < 4.78 is 13.0. The van der Waals surface area contributed by atoms with E-state index in [9.17, 15) is 24.5 Å². The Bertz CT molecular complexity index is 900. The first-order valence-electron chi connectivity index (χ1n) is 7.99. The van der Waals surface area contributed by atoms with Gasteiger partial charge in [0.05, 0.1) is 12.1 Å². The minimum absolute atomic E-state index is 0.299. The van der Waals surface area contributed by atoms with Gasteiger partial charge in [0.25, 0.3) is 0 Å². The molecular formula is C20H15ClFN3O2. The van der Waals surface area contributed by atoms with E-state index in [1.807, 2.05) is 12.1 Å². The minimum Gasteiger partial charge on any atom is -0.325 e. The maximum absolute atomic E-state index is 13.0. The largest absolute Gasteiger partial charge is 0.325 e. The lowest BCUT2D eigenvalue weighted by atomic mass is 9.75. The standard InChI is InChI=1S/C20H15ClFN3O2/c1-12(26)18(20(27)25-17-8-6-16(22)7-9-17)19(14(10-23)11-24)13-2-4-15(21)5-3-13/h2-9,14,18-19H,1H3,(H,25,27)/t18-,19-/m1/s1. The molecular weight excluding hydrogens is 369 g/mol. The molecule has 1 N–H and O–H groups in total. The number of nitrogens with zero attached hydrogens (tertiary/aromatic N) is 2. The molecule has 0 unspecified atom stereocenters. The van der Waals surface area contributed by atoms with Gasteiger partial charge in [-0.1, -0.05) is 23.7 Å².